The molecule has 0 bridgehead atoms. The van der Waals surface area contributed by atoms with Crippen LogP contribution in [0.5, 0.6) is 17.2 Å². The van der Waals surface area contributed by atoms with Gasteiger partial charge >= 0.3 is 0 Å². The first kappa shape index (κ1) is 13.9. The average Bonchev–Trinajstić information content (AvgIpc) is 2.39. The molecule has 0 heterocycles. The highest BCUT2D eigenvalue weighted by molar-refractivity contribution is 5.81. The predicted octanol–water partition coefficient (Wildman–Crippen LogP) is 2.86. The summed E-state index contributed by atoms with van der Waals surface area (Å²) in [5.74, 6) is 0.321. The van der Waals surface area contributed by atoms with Gasteiger partial charge in [0, 0.05) is 18.8 Å². The molecule has 0 aromatic heterocycles. The van der Waals surface area contributed by atoms with Crippen LogP contribution in [0, 0.1) is 0 Å². The van der Waals surface area contributed by atoms with Crippen molar-refractivity contribution < 1.29 is 15.3 Å². The Labute approximate surface area is 117 Å². The molecule has 0 aliphatic rings. The van der Waals surface area contributed by atoms with Gasteiger partial charge in [0.15, 0.2) is 0 Å². The van der Waals surface area contributed by atoms with E-state index >= 15 is 0 Å². The fourth-order valence-corrected chi connectivity index (χ4v) is 1.90. The van der Waals surface area contributed by atoms with Gasteiger partial charge in [-0.25, -0.2) is 0 Å². The molecule has 20 heavy (non-hydrogen) atoms. The van der Waals surface area contributed by atoms with Crippen LogP contribution in [0.15, 0.2) is 47.5 Å². The van der Waals surface area contributed by atoms with Crippen LogP contribution in [0.3, 0.4) is 0 Å². The first-order valence-electron chi connectivity index (χ1n) is 6.44. The lowest BCUT2D eigenvalue weighted by Gasteiger charge is -2.00. The molecule has 0 atom stereocenters. The second kappa shape index (κ2) is 6.61. The molecule has 0 unspecified atom stereocenters. The minimum atomic E-state index is 0.0237. The normalized spacial score (nSPS) is 11.0. The molecule has 4 heteroatoms. The highest BCUT2D eigenvalue weighted by Gasteiger charge is 1.96. The third-order valence-electron chi connectivity index (χ3n) is 2.85. The summed E-state index contributed by atoms with van der Waals surface area (Å²) in [7, 11) is 0. The number of aromatic hydroxyl groups is 3. The van der Waals surface area contributed by atoms with Gasteiger partial charge in [-0.15, -0.1) is 0 Å². The Hall–Kier alpha value is -2.49. The number of phenolic OH excluding ortho intramolecular Hbond substituents is 3. The van der Waals surface area contributed by atoms with Gasteiger partial charge in [-0.05, 0) is 48.2 Å². The first-order chi connectivity index (χ1) is 9.63. The maximum atomic E-state index is 9.33. The van der Waals surface area contributed by atoms with Crippen molar-refractivity contribution in [3.63, 3.8) is 0 Å². The summed E-state index contributed by atoms with van der Waals surface area (Å²) in [4.78, 5) is 4.26. The Morgan fingerprint density at radius 3 is 2.15 bits per heavy atom. The molecule has 0 spiro atoms. The Bertz CT molecular complexity index is 571. The molecule has 0 aliphatic heterocycles. The van der Waals surface area contributed by atoms with Crippen molar-refractivity contribution in [3.8, 4) is 17.2 Å². The van der Waals surface area contributed by atoms with Crippen molar-refractivity contribution in [2.75, 3.05) is 6.54 Å². The van der Waals surface area contributed by atoms with E-state index < -0.39 is 0 Å². The topological polar surface area (TPSA) is 73.1 Å². The van der Waals surface area contributed by atoms with Crippen LogP contribution in [0.4, 0.5) is 0 Å². The molecule has 2 aromatic carbocycles. The fourth-order valence-electron chi connectivity index (χ4n) is 1.90. The number of aliphatic imine (C=N–C) groups is 1. The van der Waals surface area contributed by atoms with Crippen molar-refractivity contribution in [1.29, 1.82) is 0 Å². The Balaban J connectivity index is 1.80. The highest BCUT2D eigenvalue weighted by atomic mass is 16.3. The van der Waals surface area contributed by atoms with E-state index in [1.807, 2.05) is 12.1 Å². The minimum absolute atomic E-state index is 0.0237. The van der Waals surface area contributed by atoms with Gasteiger partial charge in [-0.2, -0.15) is 0 Å². The molecular weight excluding hydrogens is 254 g/mol. The second-order valence-electron chi connectivity index (χ2n) is 4.59. The third kappa shape index (κ3) is 4.31. The Morgan fingerprint density at radius 1 is 0.850 bits per heavy atom. The molecule has 0 fully saturated rings. The number of benzene rings is 2. The maximum absolute atomic E-state index is 9.33. The zero-order chi connectivity index (χ0) is 14.4. The summed E-state index contributed by atoms with van der Waals surface area (Å²) in [6.45, 7) is 0.664. The maximum Gasteiger partial charge on any atom is 0.119 e. The van der Waals surface area contributed by atoms with E-state index in [4.69, 9.17) is 0 Å². The molecule has 0 radical (unpaired) electrons. The van der Waals surface area contributed by atoms with E-state index in [1.54, 1.807) is 30.5 Å². The van der Waals surface area contributed by atoms with E-state index in [0.29, 0.717) is 12.1 Å². The van der Waals surface area contributed by atoms with Crippen molar-refractivity contribution in [2.24, 2.45) is 4.99 Å². The van der Waals surface area contributed by atoms with E-state index in [-0.39, 0.29) is 17.2 Å². The average molecular weight is 271 g/mol. The molecule has 0 saturated heterocycles. The molecule has 3 N–H and O–H groups in total. The van der Waals surface area contributed by atoms with Crippen molar-refractivity contribution in [1.82, 2.24) is 0 Å². The lowest BCUT2D eigenvalue weighted by atomic mass is 10.1. The molecule has 104 valence electrons. The van der Waals surface area contributed by atoms with Gasteiger partial charge < -0.3 is 15.3 Å². The Kier molecular flexibility index (Phi) is 4.60. The molecule has 0 aliphatic carbocycles. The summed E-state index contributed by atoms with van der Waals surface area (Å²) < 4.78 is 0. The first-order valence-corrected chi connectivity index (χ1v) is 6.44. The highest BCUT2D eigenvalue weighted by Crippen LogP contribution is 2.19. The van der Waals surface area contributed by atoms with E-state index in [0.717, 1.165) is 18.4 Å². The van der Waals surface area contributed by atoms with E-state index in [2.05, 4.69) is 4.99 Å². The lowest BCUT2D eigenvalue weighted by Crippen LogP contribution is -1.89. The number of nitrogens with zero attached hydrogens (tertiary/aromatic N) is 1. The summed E-state index contributed by atoms with van der Waals surface area (Å²) in [6, 6.07) is 11.5. The standard InChI is InChI=1S/C16H17NO3/c18-14-5-3-12(4-6-14)2-1-7-17-11-13-8-15(19)10-16(20)9-13/h3-6,8-11,18-20H,1-2,7H2. The van der Waals surface area contributed by atoms with Gasteiger partial charge in [0.25, 0.3) is 0 Å². The molecule has 2 rings (SSSR count). The van der Waals surface area contributed by atoms with E-state index in [9.17, 15) is 15.3 Å². The lowest BCUT2D eigenvalue weighted by molar-refractivity contribution is 0.450. The Morgan fingerprint density at radius 2 is 1.50 bits per heavy atom. The number of phenols is 3. The van der Waals surface area contributed by atoms with Crippen molar-refractivity contribution >= 4 is 6.21 Å². The fraction of sp³-hybridized carbons (Fsp3) is 0.188. The molecule has 0 saturated carbocycles. The van der Waals surface area contributed by atoms with Crippen LogP contribution < -0.4 is 0 Å². The summed E-state index contributed by atoms with van der Waals surface area (Å²) in [6.07, 6.45) is 3.42. The number of hydrogen-bond acceptors (Lipinski definition) is 4. The number of rotatable bonds is 5. The van der Waals surface area contributed by atoms with Gasteiger partial charge in [0.1, 0.15) is 17.2 Å². The number of hydrogen-bond donors (Lipinski definition) is 3. The third-order valence-corrected chi connectivity index (χ3v) is 2.85. The monoisotopic (exact) mass is 271 g/mol. The second-order valence-corrected chi connectivity index (χ2v) is 4.59. The van der Waals surface area contributed by atoms with Crippen LogP contribution in [0.25, 0.3) is 0 Å². The SMILES string of the molecule is Oc1ccc(CCCN=Cc2cc(O)cc(O)c2)cc1. The zero-order valence-electron chi connectivity index (χ0n) is 11.0. The van der Waals surface area contributed by atoms with Gasteiger partial charge in [0.2, 0.25) is 0 Å². The molecule has 0 amide bonds. The smallest absolute Gasteiger partial charge is 0.119 e. The minimum Gasteiger partial charge on any atom is -0.508 e. The number of aryl methyl sites for hydroxylation is 1. The quantitative estimate of drug-likeness (QED) is 0.578. The van der Waals surface area contributed by atoms with Crippen LogP contribution in [-0.2, 0) is 6.42 Å². The zero-order valence-corrected chi connectivity index (χ0v) is 11.0. The molecule has 2 aromatic rings. The molecular formula is C16H17NO3. The van der Waals surface area contributed by atoms with Crippen molar-refractivity contribution in [3.05, 3.63) is 53.6 Å². The van der Waals surface area contributed by atoms with Crippen LogP contribution in [-0.4, -0.2) is 28.1 Å². The molecule has 4 nitrogen and oxygen atoms in total. The summed E-state index contributed by atoms with van der Waals surface area (Å²) in [5.41, 5.74) is 1.83. The van der Waals surface area contributed by atoms with Crippen LogP contribution in [0.1, 0.15) is 17.5 Å². The van der Waals surface area contributed by atoms with Crippen LogP contribution in [0.2, 0.25) is 0 Å². The van der Waals surface area contributed by atoms with Crippen molar-refractivity contribution in [2.45, 2.75) is 12.8 Å². The van der Waals surface area contributed by atoms with E-state index in [1.165, 1.54) is 6.07 Å². The largest absolute Gasteiger partial charge is 0.508 e. The predicted molar refractivity (Wildman–Crippen MR) is 78.7 cm³/mol. The summed E-state index contributed by atoms with van der Waals surface area (Å²) in [5, 5.41) is 27.8. The van der Waals surface area contributed by atoms with Gasteiger partial charge in [-0.1, -0.05) is 12.1 Å². The summed E-state index contributed by atoms with van der Waals surface area (Å²) >= 11 is 0. The van der Waals surface area contributed by atoms with Gasteiger partial charge in [0.05, 0.1) is 0 Å². The van der Waals surface area contributed by atoms with Crippen LogP contribution >= 0.6 is 0 Å². The van der Waals surface area contributed by atoms with Gasteiger partial charge in [-0.3, -0.25) is 4.99 Å².